The number of nitrogens with one attached hydrogen (secondary N) is 1. The molecule has 128 valence electrons. The second-order valence-corrected chi connectivity index (χ2v) is 5.89. The molecule has 0 radical (unpaired) electrons. The molecule has 4 rings (SSSR count). The number of fused-ring (bicyclic) bond motifs is 1. The Balaban J connectivity index is 2.02. The third-order valence-electron chi connectivity index (χ3n) is 4.11. The lowest BCUT2D eigenvalue weighted by Gasteiger charge is -2.16. The Bertz CT molecular complexity index is 1160. The van der Waals surface area contributed by atoms with Gasteiger partial charge in [-0.1, -0.05) is 18.2 Å². The van der Waals surface area contributed by atoms with E-state index in [0.717, 1.165) is 5.56 Å². The molecule has 2 aromatic carbocycles. The van der Waals surface area contributed by atoms with E-state index in [1.165, 1.54) is 22.8 Å². The summed E-state index contributed by atoms with van der Waals surface area (Å²) in [6, 6.07) is 15.1. The highest BCUT2D eigenvalue weighted by atomic mass is 19.1. The molecule has 0 bridgehead atoms. The van der Waals surface area contributed by atoms with E-state index in [2.05, 4.69) is 15.3 Å². The summed E-state index contributed by atoms with van der Waals surface area (Å²) < 4.78 is 15.1. The summed E-state index contributed by atoms with van der Waals surface area (Å²) in [7, 11) is 0. The van der Waals surface area contributed by atoms with Crippen LogP contribution in [0.5, 0.6) is 0 Å². The SMILES string of the molecule is Cc1ccccc1-n1c(Nc2cccnc2)nc2cc(F)ccc2c1=O. The summed E-state index contributed by atoms with van der Waals surface area (Å²) in [5.41, 5.74) is 2.34. The zero-order chi connectivity index (χ0) is 18.1. The van der Waals surface area contributed by atoms with Gasteiger partial charge in [-0.3, -0.25) is 9.78 Å². The van der Waals surface area contributed by atoms with Crippen molar-refractivity contribution in [2.24, 2.45) is 0 Å². The topological polar surface area (TPSA) is 59.8 Å². The molecule has 0 fully saturated rings. The van der Waals surface area contributed by atoms with Crippen LogP contribution >= 0.6 is 0 Å². The second-order valence-electron chi connectivity index (χ2n) is 5.89. The molecule has 4 aromatic rings. The van der Waals surface area contributed by atoms with Crippen molar-refractivity contribution in [3.8, 4) is 5.69 Å². The van der Waals surface area contributed by atoms with Crippen LogP contribution in [0.4, 0.5) is 16.0 Å². The lowest BCUT2D eigenvalue weighted by atomic mass is 10.2. The van der Waals surface area contributed by atoms with E-state index in [0.29, 0.717) is 28.2 Å². The molecule has 0 amide bonds. The predicted molar refractivity (Wildman–Crippen MR) is 99.6 cm³/mol. The molecule has 0 aliphatic rings. The minimum absolute atomic E-state index is 0.268. The molecule has 0 atom stereocenters. The van der Waals surface area contributed by atoms with E-state index in [4.69, 9.17) is 0 Å². The van der Waals surface area contributed by atoms with E-state index >= 15 is 0 Å². The van der Waals surface area contributed by atoms with Crippen molar-refractivity contribution in [2.75, 3.05) is 5.32 Å². The van der Waals surface area contributed by atoms with Crippen molar-refractivity contribution in [1.82, 2.24) is 14.5 Å². The summed E-state index contributed by atoms with van der Waals surface area (Å²) in [6.07, 6.45) is 3.28. The molecule has 0 saturated heterocycles. The van der Waals surface area contributed by atoms with E-state index in [1.807, 2.05) is 37.3 Å². The fourth-order valence-electron chi connectivity index (χ4n) is 2.85. The third kappa shape index (κ3) is 2.82. The Labute approximate surface area is 148 Å². The van der Waals surface area contributed by atoms with Gasteiger partial charge in [0.05, 0.1) is 28.5 Å². The number of rotatable bonds is 3. The number of benzene rings is 2. The van der Waals surface area contributed by atoms with Crippen molar-refractivity contribution in [1.29, 1.82) is 0 Å². The number of aromatic nitrogens is 3. The van der Waals surface area contributed by atoms with Crippen LogP contribution < -0.4 is 10.9 Å². The van der Waals surface area contributed by atoms with Gasteiger partial charge >= 0.3 is 0 Å². The highest BCUT2D eigenvalue weighted by Gasteiger charge is 2.15. The van der Waals surface area contributed by atoms with Gasteiger partial charge in [0.2, 0.25) is 5.95 Å². The summed E-state index contributed by atoms with van der Waals surface area (Å²) >= 11 is 0. The Morgan fingerprint density at radius 3 is 2.69 bits per heavy atom. The van der Waals surface area contributed by atoms with Gasteiger partial charge in [-0.2, -0.15) is 0 Å². The largest absolute Gasteiger partial charge is 0.324 e. The highest BCUT2D eigenvalue weighted by Crippen LogP contribution is 2.22. The standard InChI is InChI=1S/C20H15FN4O/c1-13-5-2-3-7-18(13)25-19(26)16-9-8-14(21)11-17(16)24-20(25)23-15-6-4-10-22-12-15/h2-12H,1H3,(H,23,24). The molecule has 6 heteroatoms. The zero-order valence-corrected chi connectivity index (χ0v) is 14.0. The number of nitrogens with zero attached hydrogens (tertiary/aromatic N) is 3. The lowest BCUT2D eigenvalue weighted by Crippen LogP contribution is -2.23. The van der Waals surface area contributed by atoms with E-state index in [9.17, 15) is 9.18 Å². The van der Waals surface area contributed by atoms with Gasteiger partial charge in [0, 0.05) is 12.3 Å². The molecular formula is C20H15FN4O. The van der Waals surface area contributed by atoms with Crippen LogP contribution in [0.3, 0.4) is 0 Å². The number of para-hydroxylation sites is 1. The van der Waals surface area contributed by atoms with Gasteiger partial charge in [0.25, 0.3) is 5.56 Å². The van der Waals surface area contributed by atoms with Crippen molar-refractivity contribution in [3.63, 3.8) is 0 Å². The van der Waals surface area contributed by atoms with Gasteiger partial charge in [-0.05, 0) is 42.8 Å². The fraction of sp³-hybridized carbons (Fsp3) is 0.0500. The number of pyridine rings is 1. The van der Waals surface area contributed by atoms with Gasteiger partial charge in [0.1, 0.15) is 5.82 Å². The number of halogens is 1. The molecule has 1 N–H and O–H groups in total. The maximum atomic E-state index is 13.6. The van der Waals surface area contributed by atoms with Crippen LogP contribution in [0.25, 0.3) is 16.6 Å². The summed E-state index contributed by atoms with van der Waals surface area (Å²) in [5.74, 6) is -0.138. The predicted octanol–water partition coefficient (Wildman–Crippen LogP) is 3.97. The molecule has 0 spiro atoms. The van der Waals surface area contributed by atoms with Crippen LogP contribution in [0.1, 0.15) is 5.56 Å². The molecule has 0 saturated carbocycles. The average Bonchev–Trinajstić information content (AvgIpc) is 2.64. The molecule has 0 aliphatic heterocycles. The van der Waals surface area contributed by atoms with Gasteiger partial charge in [-0.15, -0.1) is 0 Å². The average molecular weight is 346 g/mol. The number of anilines is 2. The summed E-state index contributed by atoms with van der Waals surface area (Å²) in [5, 5.41) is 3.47. The first-order valence-corrected chi connectivity index (χ1v) is 8.09. The van der Waals surface area contributed by atoms with Crippen LogP contribution in [0.2, 0.25) is 0 Å². The number of aryl methyl sites for hydroxylation is 1. The summed E-state index contributed by atoms with van der Waals surface area (Å²) in [6.45, 7) is 1.92. The molecule has 2 heterocycles. The number of hydrogen-bond donors (Lipinski definition) is 1. The van der Waals surface area contributed by atoms with E-state index < -0.39 is 5.82 Å². The van der Waals surface area contributed by atoms with Crippen molar-refractivity contribution in [2.45, 2.75) is 6.92 Å². The van der Waals surface area contributed by atoms with Gasteiger partial charge in [-0.25, -0.2) is 13.9 Å². The second kappa shape index (κ2) is 6.40. The zero-order valence-electron chi connectivity index (χ0n) is 14.0. The Hall–Kier alpha value is -3.54. The summed E-state index contributed by atoms with van der Waals surface area (Å²) in [4.78, 5) is 21.7. The van der Waals surface area contributed by atoms with E-state index in [1.54, 1.807) is 18.5 Å². The Morgan fingerprint density at radius 1 is 1.08 bits per heavy atom. The lowest BCUT2D eigenvalue weighted by molar-refractivity contribution is 0.629. The first kappa shape index (κ1) is 16.0. The molecule has 0 aliphatic carbocycles. The van der Waals surface area contributed by atoms with Crippen LogP contribution in [0, 0.1) is 12.7 Å². The highest BCUT2D eigenvalue weighted by molar-refractivity contribution is 5.80. The monoisotopic (exact) mass is 346 g/mol. The number of hydrogen-bond acceptors (Lipinski definition) is 4. The fourth-order valence-corrected chi connectivity index (χ4v) is 2.85. The van der Waals surface area contributed by atoms with Crippen molar-refractivity contribution < 1.29 is 4.39 Å². The van der Waals surface area contributed by atoms with Crippen molar-refractivity contribution >= 4 is 22.5 Å². The molecule has 2 aromatic heterocycles. The van der Waals surface area contributed by atoms with E-state index in [-0.39, 0.29) is 5.56 Å². The Morgan fingerprint density at radius 2 is 1.92 bits per heavy atom. The first-order valence-electron chi connectivity index (χ1n) is 8.09. The van der Waals surface area contributed by atoms with Crippen LogP contribution in [-0.4, -0.2) is 14.5 Å². The minimum Gasteiger partial charge on any atom is -0.324 e. The third-order valence-corrected chi connectivity index (χ3v) is 4.11. The van der Waals surface area contributed by atoms with Crippen LogP contribution in [-0.2, 0) is 0 Å². The molecule has 5 nitrogen and oxygen atoms in total. The molecule has 0 unspecified atom stereocenters. The normalized spacial score (nSPS) is 10.8. The minimum atomic E-state index is -0.439. The quantitative estimate of drug-likeness (QED) is 0.610. The van der Waals surface area contributed by atoms with Gasteiger partial charge < -0.3 is 5.32 Å². The maximum Gasteiger partial charge on any atom is 0.267 e. The molecular weight excluding hydrogens is 331 g/mol. The smallest absolute Gasteiger partial charge is 0.267 e. The van der Waals surface area contributed by atoms with Crippen molar-refractivity contribution in [3.05, 3.63) is 88.7 Å². The Kier molecular flexibility index (Phi) is 3.93. The first-order chi connectivity index (χ1) is 12.6. The van der Waals surface area contributed by atoms with Crippen LogP contribution in [0.15, 0.2) is 71.8 Å². The maximum absolute atomic E-state index is 13.6. The molecule has 26 heavy (non-hydrogen) atoms. The van der Waals surface area contributed by atoms with Gasteiger partial charge in [0.15, 0.2) is 0 Å².